The van der Waals surface area contributed by atoms with Gasteiger partial charge >= 0.3 is 0 Å². The lowest BCUT2D eigenvalue weighted by Gasteiger charge is -2.41. The van der Waals surface area contributed by atoms with Gasteiger partial charge in [-0.15, -0.1) is 12.4 Å². The molecular formula is C14H27ClN2O. The van der Waals surface area contributed by atoms with Crippen molar-refractivity contribution in [3.63, 3.8) is 0 Å². The van der Waals surface area contributed by atoms with E-state index in [1.807, 2.05) is 0 Å². The second-order valence-corrected chi connectivity index (χ2v) is 6.07. The van der Waals surface area contributed by atoms with Crippen molar-refractivity contribution in [2.24, 2.45) is 5.41 Å². The Labute approximate surface area is 117 Å². The Morgan fingerprint density at radius 3 is 2.83 bits per heavy atom. The fourth-order valence-corrected chi connectivity index (χ4v) is 3.43. The highest BCUT2D eigenvalue weighted by atomic mass is 35.5. The van der Waals surface area contributed by atoms with Gasteiger partial charge in [0, 0.05) is 13.1 Å². The molecule has 0 aromatic heterocycles. The van der Waals surface area contributed by atoms with Crippen LogP contribution in [0.15, 0.2) is 0 Å². The molecular weight excluding hydrogens is 248 g/mol. The standard InChI is InChI=1S/C14H26N2O.ClH/c1-3-7-14(2)8-5-10-16(11-14)13(17)12-6-4-9-15-12;/h12,15H,3-11H2,1-2H3;1H. The van der Waals surface area contributed by atoms with Gasteiger partial charge in [-0.2, -0.15) is 0 Å². The molecule has 18 heavy (non-hydrogen) atoms. The summed E-state index contributed by atoms with van der Waals surface area (Å²) in [4.78, 5) is 14.5. The molecule has 2 aliphatic rings. The zero-order valence-corrected chi connectivity index (χ0v) is 12.5. The number of halogens is 1. The van der Waals surface area contributed by atoms with Crippen molar-refractivity contribution < 1.29 is 4.79 Å². The molecule has 2 unspecified atom stereocenters. The molecule has 2 aliphatic heterocycles. The van der Waals surface area contributed by atoms with Gasteiger partial charge < -0.3 is 10.2 Å². The average molecular weight is 275 g/mol. The van der Waals surface area contributed by atoms with Crippen LogP contribution in [-0.4, -0.2) is 36.5 Å². The van der Waals surface area contributed by atoms with Crippen LogP contribution in [0.2, 0.25) is 0 Å². The number of piperidine rings is 1. The van der Waals surface area contributed by atoms with E-state index in [0.717, 1.165) is 32.5 Å². The highest BCUT2D eigenvalue weighted by Gasteiger charge is 2.35. The van der Waals surface area contributed by atoms with Gasteiger partial charge in [0.25, 0.3) is 0 Å². The minimum Gasteiger partial charge on any atom is -0.341 e. The minimum atomic E-state index is 0. The minimum absolute atomic E-state index is 0. The van der Waals surface area contributed by atoms with Gasteiger partial charge in [-0.25, -0.2) is 0 Å². The topological polar surface area (TPSA) is 32.3 Å². The van der Waals surface area contributed by atoms with E-state index in [0.29, 0.717) is 11.3 Å². The van der Waals surface area contributed by atoms with Crippen molar-refractivity contribution >= 4 is 18.3 Å². The number of hydrogen-bond donors (Lipinski definition) is 1. The number of hydrogen-bond acceptors (Lipinski definition) is 2. The molecule has 4 heteroatoms. The van der Waals surface area contributed by atoms with E-state index in [-0.39, 0.29) is 18.4 Å². The van der Waals surface area contributed by atoms with E-state index >= 15 is 0 Å². The summed E-state index contributed by atoms with van der Waals surface area (Å²) in [5, 5.41) is 3.32. The van der Waals surface area contributed by atoms with E-state index in [1.165, 1.54) is 25.7 Å². The molecule has 0 radical (unpaired) electrons. The first-order valence-electron chi connectivity index (χ1n) is 7.17. The largest absolute Gasteiger partial charge is 0.341 e. The summed E-state index contributed by atoms with van der Waals surface area (Å²) in [6.45, 7) is 7.53. The second-order valence-electron chi connectivity index (χ2n) is 6.07. The molecule has 106 valence electrons. The molecule has 0 bridgehead atoms. The molecule has 2 rings (SSSR count). The number of likely N-dealkylation sites (tertiary alicyclic amines) is 1. The van der Waals surface area contributed by atoms with Crippen LogP contribution in [0.25, 0.3) is 0 Å². The number of carbonyl (C=O) groups excluding carboxylic acids is 1. The van der Waals surface area contributed by atoms with E-state index < -0.39 is 0 Å². The molecule has 2 atom stereocenters. The first-order valence-corrected chi connectivity index (χ1v) is 7.17. The van der Waals surface area contributed by atoms with Gasteiger partial charge in [-0.3, -0.25) is 4.79 Å². The molecule has 2 saturated heterocycles. The first-order chi connectivity index (χ1) is 8.14. The van der Waals surface area contributed by atoms with Crippen molar-refractivity contribution in [1.29, 1.82) is 0 Å². The zero-order valence-electron chi connectivity index (χ0n) is 11.7. The fraction of sp³-hybridized carbons (Fsp3) is 0.929. The SMILES string of the molecule is CCCC1(C)CCCN(C(=O)C2CCCN2)C1.Cl. The van der Waals surface area contributed by atoms with E-state index in [1.54, 1.807) is 0 Å². The Morgan fingerprint density at radius 1 is 1.44 bits per heavy atom. The number of amides is 1. The van der Waals surface area contributed by atoms with Gasteiger partial charge in [0.15, 0.2) is 0 Å². The van der Waals surface area contributed by atoms with Crippen molar-refractivity contribution in [2.75, 3.05) is 19.6 Å². The molecule has 0 spiro atoms. The predicted molar refractivity (Wildman–Crippen MR) is 77.1 cm³/mol. The normalized spacial score (nSPS) is 32.1. The van der Waals surface area contributed by atoms with Crippen molar-refractivity contribution in [3.05, 3.63) is 0 Å². The number of nitrogens with zero attached hydrogens (tertiary/aromatic N) is 1. The lowest BCUT2D eigenvalue weighted by atomic mass is 9.78. The van der Waals surface area contributed by atoms with Crippen LogP contribution in [0.3, 0.4) is 0 Å². The third kappa shape index (κ3) is 3.61. The highest BCUT2D eigenvalue weighted by molar-refractivity contribution is 5.85. The maximum atomic E-state index is 12.4. The summed E-state index contributed by atoms with van der Waals surface area (Å²) in [5.41, 5.74) is 0.362. The van der Waals surface area contributed by atoms with Crippen molar-refractivity contribution in [2.45, 2.75) is 58.4 Å². The van der Waals surface area contributed by atoms with Crippen LogP contribution in [0, 0.1) is 5.41 Å². The number of rotatable bonds is 3. The maximum Gasteiger partial charge on any atom is 0.239 e. The molecule has 1 N–H and O–H groups in total. The maximum absolute atomic E-state index is 12.4. The van der Waals surface area contributed by atoms with Gasteiger partial charge in [0.1, 0.15) is 0 Å². The van der Waals surface area contributed by atoms with E-state index in [4.69, 9.17) is 0 Å². The Kier molecular flexibility index (Phi) is 5.93. The molecule has 2 fully saturated rings. The van der Waals surface area contributed by atoms with E-state index in [9.17, 15) is 4.79 Å². The monoisotopic (exact) mass is 274 g/mol. The van der Waals surface area contributed by atoms with Crippen molar-refractivity contribution in [3.8, 4) is 0 Å². The molecule has 1 amide bonds. The Hall–Kier alpha value is -0.280. The Balaban J connectivity index is 0.00000162. The summed E-state index contributed by atoms with van der Waals surface area (Å²) >= 11 is 0. The quantitative estimate of drug-likeness (QED) is 0.858. The molecule has 0 aromatic carbocycles. The molecule has 3 nitrogen and oxygen atoms in total. The van der Waals surface area contributed by atoms with Crippen LogP contribution in [0.5, 0.6) is 0 Å². The summed E-state index contributed by atoms with van der Waals surface area (Å²) in [6.07, 6.45) is 7.10. The van der Waals surface area contributed by atoms with E-state index in [2.05, 4.69) is 24.1 Å². The summed E-state index contributed by atoms with van der Waals surface area (Å²) < 4.78 is 0. The molecule has 2 heterocycles. The van der Waals surface area contributed by atoms with Crippen LogP contribution in [-0.2, 0) is 4.79 Å². The summed E-state index contributed by atoms with van der Waals surface area (Å²) in [6, 6.07) is 0.110. The Morgan fingerprint density at radius 2 is 2.22 bits per heavy atom. The lowest BCUT2D eigenvalue weighted by molar-refractivity contribution is -0.136. The smallest absolute Gasteiger partial charge is 0.239 e. The number of carbonyl (C=O) groups is 1. The van der Waals surface area contributed by atoms with Crippen LogP contribution in [0.4, 0.5) is 0 Å². The number of nitrogens with one attached hydrogen (secondary N) is 1. The van der Waals surface area contributed by atoms with Crippen LogP contribution < -0.4 is 5.32 Å². The zero-order chi connectivity index (χ0) is 12.3. The predicted octanol–water partition coefficient (Wildman–Crippen LogP) is 2.59. The Bertz CT molecular complexity index is 275. The summed E-state index contributed by atoms with van der Waals surface area (Å²) in [7, 11) is 0. The summed E-state index contributed by atoms with van der Waals surface area (Å²) in [5.74, 6) is 0.351. The third-order valence-corrected chi connectivity index (χ3v) is 4.30. The van der Waals surface area contributed by atoms with Gasteiger partial charge in [-0.05, 0) is 44.1 Å². The van der Waals surface area contributed by atoms with Crippen molar-refractivity contribution in [1.82, 2.24) is 10.2 Å². The van der Waals surface area contributed by atoms with Gasteiger partial charge in [-0.1, -0.05) is 20.3 Å². The van der Waals surface area contributed by atoms with Crippen LogP contribution in [0.1, 0.15) is 52.4 Å². The molecule has 0 aliphatic carbocycles. The molecule has 0 aromatic rings. The second kappa shape index (κ2) is 6.76. The van der Waals surface area contributed by atoms with Crippen LogP contribution >= 0.6 is 12.4 Å². The fourth-order valence-electron chi connectivity index (χ4n) is 3.43. The lowest BCUT2D eigenvalue weighted by Crippen LogP contribution is -2.50. The van der Waals surface area contributed by atoms with Gasteiger partial charge in [0.05, 0.1) is 6.04 Å². The van der Waals surface area contributed by atoms with Gasteiger partial charge in [0.2, 0.25) is 5.91 Å². The first kappa shape index (κ1) is 15.8. The average Bonchev–Trinajstić information content (AvgIpc) is 2.81. The third-order valence-electron chi connectivity index (χ3n) is 4.30. The molecule has 0 saturated carbocycles. The highest BCUT2D eigenvalue weighted by Crippen LogP contribution is 2.34.